The lowest BCUT2D eigenvalue weighted by Crippen LogP contribution is -2.04. The van der Waals surface area contributed by atoms with E-state index in [-0.39, 0.29) is 5.75 Å². The fourth-order valence-corrected chi connectivity index (χ4v) is 1.48. The summed E-state index contributed by atoms with van der Waals surface area (Å²) in [5.74, 6) is -2.13. The van der Waals surface area contributed by atoms with Crippen LogP contribution in [0.5, 0.6) is 5.75 Å². The molecule has 0 amide bonds. The summed E-state index contributed by atoms with van der Waals surface area (Å²) in [5, 5.41) is 0. The van der Waals surface area contributed by atoms with Gasteiger partial charge in [0.25, 0.3) is 0 Å². The van der Waals surface area contributed by atoms with Crippen molar-refractivity contribution < 1.29 is 23.0 Å². The van der Waals surface area contributed by atoms with Crippen molar-refractivity contribution in [3.63, 3.8) is 0 Å². The summed E-state index contributed by atoms with van der Waals surface area (Å²) in [6.45, 7) is 0.875. The van der Waals surface area contributed by atoms with Gasteiger partial charge in [-0.3, -0.25) is 0 Å². The summed E-state index contributed by atoms with van der Waals surface area (Å²) < 4.78 is 41.4. The van der Waals surface area contributed by atoms with Crippen LogP contribution in [0.4, 0.5) is 8.78 Å². The number of hydrogen-bond acceptors (Lipinski definition) is 3. The monoisotopic (exact) mass is 216 g/mol. The Hall–Kier alpha value is -1.20. The average Bonchev–Trinajstić information content (AvgIpc) is 2.75. The van der Waals surface area contributed by atoms with Gasteiger partial charge in [-0.1, -0.05) is 0 Å². The number of hydrogen-bond donors (Lipinski definition) is 0. The van der Waals surface area contributed by atoms with E-state index >= 15 is 0 Å². The highest BCUT2D eigenvalue weighted by Gasteiger charge is 2.25. The lowest BCUT2D eigenvalue weighted by molar-refractivity contribution is -0.0458. The number of rotatable bonds is 2. The molecule has 0 saturated carbocycles. The first-order valence-electron chi connectivity index (χ1n) is 4.49. The van der Waals surface area contributed by atoms with Gasteiger partial charge in [0.15, 0.2) is 17.9 Å². The van der Waals surface area contributed by atoms with E-state index in [1.165, 1.54) is 13.2 Å². The van der Waals surface area contributed by atoms with Crippen LogP contribution >= 0.6 is 0 Å². The quantitative estimate of drug-likeness (QED) is 0.756. The van der Waals surface area contributed by atoms with Crippen molar-refractivity contribution in [1.82, 2.24) is 0 Å². The summed E-state index contributed by atoms with van der Waals surface area (Å²) >= 11 is 0. The highest BCUT2D eigenvalue weighted by atomic mass is 19.2. The Labute approximate surface area is 85.6 Å². The third-order valence-electron chi connectivity index (χ3n) is 2.16. The van der Waals surface area contributed by atoms with Crippen LogP contribution in [-0.4, -0.2) is 20.3 Å². The van der Waals surface area contributed by atoms with E-state index in [4.69, 9.17) is 14.2 Å². The molecule has 0 aromatic heterocycles. The largest absolute Gasteiger partial charge is 0.493 e. The van der Waals surface area contributed by atoms with E-state index in [1.807, 2.05) is 0 Å². The second kappa shape index (κ2) is 4.12. The van der Waals surface area contributed by atoms with E-state index in [0.717, 1.165) is 6.07 Å². The first kappa shape index (κ1) is 10.3. The zero-order valence-electron chi connectivity index (χ0n) is 8.13. The molecular weight excluding hydrogens is 206 g/mol. The average molecular weight is 216 g/mol. The number of halogens is 2. The van der Waals surface area contributed by atoms with E-state index in [1.54, 1.807) is 0 Å². The Bertz CT molecular complexity index is 362. The van der Waals surface area contributed by atoms with Gasteiger partial charge < -0.3 is 14.2 Å². The third-order valence-corrected chi connectivity index (χ3v) is 2.16. The molecule has 2 rings (SSSR count). The Kier molecular flexibility index (Phi) is 2.83. The predicted octanol–water partition coefficient (Wildman–Crippen LogP) is 2.02. The Morgan fingerprint density at radius 3 is 2.53 bits per heavy atom. The first-order valence-corrected chi connectivity index (χ1v) is 4.49. The Morgan fingerprint density at radius 2 is 1.93 bits per heavy atom. The van der Waals surface area contributed by atoms with Gasteiger partial charge in [-0.25, -0.2) is 4.39 Å². The third kappa shape index (κ3) is 1.80. The smallest absolute Gasteiger partial charge is 0.201 e. The molecule has 3 nitrogen and oxygen atoms in total. The maximum absolute atomic E-state index is 13.3. The van der Waals surface area contributed by atoms with Gasteiger partial charge >= 0.3 is 0 Å². The molecule has 15 heavy (non-hydrogen) atoms. The maximum Gasteiger partial charge on any atom is 0.201 e. The molecule has 0 spiro atoms. The molecule has 0 radical (unpaired) electrons. The SMILES string of the molecule is COc1c(C2OCCO2)ccc(F)c1F. The zero-order valence-corrected chi connectivity index (χ0v) is 8.13. The van der Waals surface area contributed by atoms with Gasteiger partial charge in [-0.2, -0.15) is 4.39 Å². The van der Waals surface area contributed by atoms with Gasteiger partial charge in [0.1, 0.15) is 0 Å². The number of ether oxygens (including phenoxy) is 3. The maximum atomic E-state index is 13.3. The van der Waals surface area contributed by atoms with Crippen molar-refractivity contribution in [2.24, 2.45) is 0 Å². The molecule has 1 fully saturated rings. The second-order valence-electron chi connectivity index (χ2n) is 3.06. The molecule has 0 atom stereocenters. The van der Waals surface area contributed by atoms with E-state index in [2.05, 4.69) is 0 Å². The van der Waals surface area contributed by atoms with E-state index < -0.39 is 17.9 Å². The molecule has 1 aromatic carbocycles. The fraction of sp³-hybridized carbons (Fsp3) is 0.400. The van der Waals surface area contributed by atoms with Crippen molar-refractivity contribution in [3.05, 3.63) is 29.3 Å². The highest BCUT2D eigenvalue weighted by molar-refractivity contribution is 5.36. The summed E-state index contributed by atoms with van der Waals surface area (Å²) in [4.78, 5) is 0. The van der Waals surface area contributed by atoms with Crippen LogP contribution in [0, 0.1) is 11.6 Å². The van der Waals surface area contributed by atoms with Gasteiger partial charge in [0.2, 0.25) is 5.82 Å². The van der Waals surface area contributed by atoms with Crippen LogP contribution in [0.15, 0.2) is 12.1 Å². The number of benzene rings is 1. The molecule has 1 heterocycles. The lowest BCUT2D eigenvalue weighted by Gasteiger charge is -2.14. The molecule has 0 bridgehead atoms. The van der Waals surface area contributed by atoms with Crippen molar-refractivity contribution in [1.29, 1.82) is 0 Å². The minimum Gasteiger partial charge on any atom is -0.493 e. The molecule has 1 aliphatic heterocycles. The zero-order chi connectivity index (χ0) is 10.8. The standard InChI is InChI=1S/C10H10F2O3/c1-13-9-6(10-14-4-5-15-10)2-3-7(11)8(9)12/h2-3,10H,4-5H2,1H3. The van der Waals surface area contributed by atoms with Crippen molar-refractivity contribution >= 4 is 0 Å². The molecule has 5 heteroatoms. The van der Waals surface area contributed by atoms with Crippen LogP contribution in [0.2, 0.25) is 0 Å². The minimum atomic E-state index is -1.02. The Morgan fingerprint density at radius 1 is 1.27 bits per heavy atom. The van der Waals surface area contributed by atoms with Crippen LogP contribution in [-0.2, 0) is 9.47 Å². The molecule has 82 valence electrons. The van der Waals surface area contributed by atoms with Gasteiger partial charge in [0.05, 0.1) is 25.9 Å². The van der Waals surface area contributed by atoms with Crippen molar-refractivity contribution in [3.8, 4) is 5.75 Å². The lowest BCUT2D eigenvalue weighted by atomic mass is 10.2. The van der Waals surface area contributed by atoms with E-state index in [9.17, 15) is 8.78 Å². The molecule has 0 N–H and O–H groups in total. The molecule has 0 unspecified atom stereocenters. The highest BCUT2D eigenvalue weighted by Crippen LogP contribution is 2.33. The normalized spacial score (nSPS) is 17.0. The van der Waals surface area contributed by atoms with Crippen molar-refractivity contribution in [2.75, 3.05) is 20.3 Å². The molecule has 1 aliphatic rings. The fourth-order valence-electron chi connectivity index (χ4n) is 1.48. The number of methoxy groups -OCH3 is 1. The molecule has 1 aromatic rings. The molecule has 0 aliphatic carbocycles. The topological polar surface area (TPSA) is 27.7 Å². The van der Waals surface area contributed by atoms with Gasteiger partial charge in [-0.15, -0.1) is 0 Å². The summed E-state index contributed by atoms with van der Waals surface area (Å²) in [6, 6.07) is 2.42. The summed E-state index contributed by atoms with van der Waals surface area (Å²) in [7, 11) is 1.27. The summed E-state index contributed by atoms with van der Waals surface area (Å²) in [5.41, 5.74) is 0.369. The van der Waals surface area contributed by atoms with Crippen LogP contribution in [0.3, 0.4) is 0 Å². The Balaban J connectivity index is 2.41. The minimum absolute atomic E-state index is 0.165. The van der Waals surface area contributed by atoms with E-state index in [0.29, 0.717) is 18.8 Å². The summed E-state index contributed by atoms with van der Waals surface area (Å²) in [6.07, 6.45) is -0.671. The second-order valence-corrected chi connectivity index (χ2v) is 3.06. The molecular formula is C10H10F2O3. The van der Waals surface area contributed by atoms with Crippen LogP contribution in [0.25, 0.3) is 0 Å². The molecule has 1 saturated heterocycles. The van der Waals surface area contributed by atoms with Gasteiger partial charge in [-0.05, 0) is 12.1 Å². The predicted molar refractivity (Wildman–Crippen MR) is 47.6 cm³/mol. The van der Waals surface area contributed by atoms with Gasteiger partial charge in [0, 0.05) is 0 Å². The van der Waals surface area contributed by atoms with Crippen LogP contribution < -0.4 is 4.74 Å². The first-order chi connectivity index (χ1) is 7.24. The van der Waals surface area contributed by atoms with Crippen molar-refractivity contribution in [2.45, 2.75) is 6.29 Å². The van der Waals surface area contributed by atoms with Crippen LogP contribution in [0.1, 0.15) is 11.9 Å².